The van der Waals surface area contributed by atoms with Gasteiger partial charge in [-0.1, -0.05) is 51.4 Å². The third-order valence-electron chi connectivity index (χ3n) is 4.05. The average Bonchev–Trinajstić information content (AvgIpc) is 2.85. The molecule has 1 heterocycles. The van der Waals surface area contributed by atoms with Gasteiger partial charge in [-0.3, -0.25) is 9.59 Å². The van der Waals surface area contributed by atoms with Crippen LogP contribution < -0.4 is 0 Å². The SMILES string of the molecule is CC(=O)OCCCCCCCCCCCC1CCOC1=O. The number of hydrogen-bond donors (Lipinski definition) is 0. The molecule has 0 aromatic rings. The van der Waals surface area contributed by atoms with Crippen LogP contribution in [0.25, 0.3) is 0 Å². The minimum absolute atomic E-state index is 0.0174. The summed E-state index contributed by atoms with van der Waals surface area (Å²) in [5.41, 5.74) is 0. The number of cyclic esters (lactones) is 1. The van der Waals surface area contributed by atoms with Gasteiger partial charge in [0.1, 0.15) is 0 Å². The zero-order valence-corrected chi connectivity index (χ0v) is 13.4. The molecular weight excluding hydrogens is 268 g/mol. The van der Waals surface area contributed by atoms with Gasteiger partial charge in [0.2, 0.25) is 0 Å². The minimum atomic E-state index is -0.180. The van der Waals surface area contributed by atoms with Gasteiger partial charge in [-0.25, -0.2) is 0 Å². The second kappa shape index (κ2) is 11.6. The van der Waals surface area contributed by atoms with Crippen LogP contribution in [0.1, 0.15) is 77.6 Å². The summed E-state index contributed by atoms with van der Waals surface area (Å²) in [6.45, 7) is 2.65. The van der Waals surface area contributed by atoms with Gasteiger partial charge in [-0.2, -0.15) is 0 Å². The van der Waals surface area contributed by atoms with Crippen LogP contribution in [0, 0.1) is 5.92 Å². The van der Waals surface area contributed by atoms with E-state index < -0.39 is 0 Å². The zero-order valence-electron chi connectivity index (χ0n) is 13.4. The Morgan fingerprint density at radius 3 is 2.14 bits per heavy atom. The molecular formula is C17H30O4. The Hall–Kier alpha value is -1.06. The lowest BCUT2D eigenvalue weighted by Gasteiger charge is -2.05. The van der Waals surface area contributed by atoms with E-state index in [4.69, 9.17) is 9.47 Å². The minimum Gasteiger partial charge on any atom is -0.466 e. The standard InChI is InChI=1S/C17H30O4/c1-15(18)20-13-10-8-6-4-2-3-5-7-9-11-16-12-14-21-17(16)19/h16H,2-14H2,1H3. The molecule has 0 aromatic heterocycles. The van der Waals surface area contributed by atoms with Crippen molar-refractivity contribution in [1.29, 1.82) is 0 Å². The number of rotatable bonds is 12. The summed E-state index contributed by atoms with van der Waals surface area (Å²) in [5.74, 6) is 0.0202. The summed E-state index contributed by atoms with van der Waals surface area (Å²) >= 11 is 0. The number of carbonyl (C=O) groups excluding carboxylic acids is 2. The summed E-state index contributed by atoms with van der Waals surface area (Å²) in [4.78, 5) is 21.8. The van der Waals surface area contributed by atoms with Crippen molar-refractivity contribution in [1.82, 2.24) is 0 Å². The summed E-state index contributed by atoms with van der Waals surface area (Å²) in [5, 5.41) is 0. The van der Waals surface area contributed by atoms with Crippen molar-refractivity contribution in [2.45, 2.75) is 77.6 Å². The van der Waals surface area contributed by atoms with Gasteiger partial charge in [-0.05, 0) is 19.3 Å². The van der Waals surface area contributed by atoms with Crippen molar-refractivity contribution in [2.75, 3.05) is 13.2 Å². The molecule has 1 saturated heterocycles. The van der Waals surface area contributed by atoms with Gasteiger partial charge in [0, 0.05) is 6.92 Å². The van der Waals surface area contributed by atoms with Crippen LogP contribution in [0.2, 0.25) is 0 Å². The molecule has 1 aliphatic rings. The summed E-state index contributed by atoms with van der Waals surface area (Å²) in [6.07, 6.45) is 12.8. The zero-order chi connectivity index (χ0) is 15.3. The lowest BCUT2D eigenvalue weighted by Crippen LogP contribution is -2.06. The fraction of sp³-hybridized carbons (Fsp3) is 0.882. The van der Waals surface area contributed by atoms with Crippen LogP contribution in [0.5, 0.6) is 0 Å². The average molecular weight is 298 g/mol. The normalized spacial score (nSPS) is 17.8. The smallest absolute Gasteiger partial charge is 0.309 e. The lowest BCUT2D eigenvalue weighted by molar-refractivity contribution is -0.142. The summed E-state index contributed by atoms with van der Waals surface area (Å²) in [7, 11) is 0. The Morgan fingerprint density at radius 2 is 1.62 bits per heavy atom. The highest BCUT2D eigenvalue weighted by Crippen LogP contribution is 2.21. The van der Waals surface area contributed by atoms with Gasteiger partial charge >= 0.3 is 11.9 Å². The third-order valence-corrected chi connectivity index (χ3v) is 4.05. The summed E-state index contributed by atoms with van der Waals surface area (Å²) < 4.78 is 9.85. The molecule has 1 rings (SSSR count). The van der Waals surface area contributed by atoms with Crippen molar-refractivity contribution in [2.24, 2.45) is 5.92 Å². The van der Waals surface area contributed by atoms with Crippen molar-refractivity contribution >= 4 is 11.9 Å². The Labute approximate surface area is 128 Å². The first-order valence-electron chi connectivity index (χ1n) is 8.50. The maximum atomic E-state index is 11.3. The van der Waals surface area contributed by atoms with E-state index in [1.807, 2.05) is 0 Å². The fourth-order valence-corrected chi connectivity index (χ4v) is 2.75. The van der Waals surface area contributed by atoms with Crippen molar-refractivity contribution in [3.05, 3.63) is 0 Å². The topological polar surface area (TPSA) is 52.6 Å². The highest BCUT2D eigenvalue weighted by atomic mass is 16.5. The molecule has 21 heavy (non-hydrogen) atoms. The number of unbranched alkanes of at least 4 members (excludes halogenated alkanes) is 8. The van der Waals surface area contributed by atoms with Crippen LogP contribution in [-0.2, 0) is 19.1 Å². The number of ether oxygens (including phenoxy) is 2. The predicted molar refractivity (Wildman–Crippen MR) is 81.9 cm³/mol. The first-order chi connectivity index (χ1) is 10.2. The van der Waals surface area contributed by atoms with Crippen molar-refractivity contribution in [3.8, 4) is 0 Å². The van der Waals surface area contributed by atoms with E-state index in [-0.39, 0.29) is 17.9 Å². The highest BCUT2D eigenvalue weighted by Gasteiger charge is 2.25. The van der Waals surface area contributed by atoms with E-state index in [9.17, 15) is 9.59 Å². The van der Waals surface area contributed by atoms with Crippen LogP contribution in [0.4, 0.5) is 0 Å². The lowest BCUT2D eigenvalue weighted by atomic mass is 9.99. The maximum absolute atomic E-state index is 11.3. The Bertz CT molecular complexity index is 301. The van der Waals surface area contributed by atoms with E-state index in [0.717, 1.165) is 32.1 Å². The molecule has 0 aliphatic carbocycles. The van der Waals surface area contributed by atoms with Gasteiger partial charge in [0.25, 0.3) is 0 Å². The highest BCUT2D eigenvalue weighted by molar-refractivity contribution is 5.73. The Morgan fingerprint density at radius 1 is 1.05 bits per heavy atom. The molecule has 122 valence electrons. The molecule has 1 fully saturated rings. The molecule has 1 aliphatic heterocycles. The Kier molecular flexibility index (Phi) is 9.92. The molecule has 0 spiro atoms. The fourth-order valence-electron chi connectivity index (χ4n) is 2.75. The first-order valence-corrected chi connectivity index (χ1v) is 8.50. The van der Waals surface area contributed by atoms with E-state index in [2.05, 4.69) is 0 Å². The molecule has 0 saturated carbocycles. The second-order valence-electron chi connectivity index (χ2n) is 5.96. The molecule has 1 atom stereocenters. The van der Waals surface area contributed by atoms with E-state index in [0.29, 0.717) is 13.2 Å². The van der Waals surface area contributed by atoms with Gasteiger partial charge < -0.3 is 9.47 Å². The van der Waals surface area contributed by atoms with E-state index >= 15 is 0 Å². The molecule has 0 bridgehead atoms. The Balaban J connectivity index is 1.74. The quantitative estimate of drug-likeness (QED) is 0.403. The maximum Gasteiger partial charge on any atom is 0.309 e. The van der Waals surface area contributed by atoms with Crippen LogP contribution in [0.15, 0.2) is 0 Å². The first kappa shape index (κ1) is 18.0. The largest absolute Gasteiger partial charge is 0.466 e. The second-order valence-corrected chi connectivity index (χ2v) is 5.96. The molecule has 1 unspecified atom stereocenters. The molecule has 0 N–H and O–H groups in total. The number of carbonyl (C=O) groups is 2. The van der Waals surface area contributed by atoms with E-state index in [1.165, 1.54) is 45.4 Å². The number of esters is 2. The molecule has 0 amide bonds. The molecule has 4 heteroatoms. The van der Waals surface area contributed by atoms with Gasteiger partial charge in [0.15, 0.2) is 0 Å². The number of hydrogen-bond acceptors (Lipinski definition) is 4. The molecule has 4 nitrogen and oxygen atoms in total. The van der Waals surface area contributed by atoms with Gasteiger partial charge in [0.05, 0.1) is 19.1 Å². The van der Waals surface area contributed by atoms with Crippen LogP contribution in [0.3, 0.4) is 0 Å². The summed E-state index contributed by atoms with van der Waals surface area (Å²) in [6, 6.07) is 0. The predicted octanol–water partition coefficient (Wildman–Crippen LogP) is 4.01. The molecule has 0 radical (unpaired) electrons. The van der Waals surface area contributed by atoms with Crippen molar-refractivity contribution < 1.29 is 19.1 Å². The van der Waals surface area contributed by atoms with Crippen molar-refractivity contribution in [3.63, 3.8) is 0 Å². The van der Waals surface area contributed by atoms with Gasteiger partial charge in [-0.15, -0.1) is 0 Å². The van der Waals surface area contributed by atoms with E-state index in [1.54, 1.807) is 0 Å². The third kappa shape index (κ3) is 9.48. The van der Waals surface area contributed by atoms with Crippen LogP contribution in [-0.4, -0.2) is 25.2 Å². The monoisotopic (exact) mass is 298 g/mol. The molecule has 0 aromatic carbocycles. The van der Waals surface area contributed by atoms with Crippen LogP contribution >= 0.6 is 0 Å².